The molecule has 5 heteroatoms. The Bertz CT molecular complexity index is 476. The van der Waals surface area contributed by atoms with Crippen molar-refractivity contribution in [2.75, 3.05) is 32.6 Å². The zero-order valence-electron chi connectivity index (χ0n) is 12.1. The van der Waals surface area contributed by atoms with E-state index in [-0.39, 0.29) is 5.56 Å². The Balaban J connectivity index is 2.08. The number of piperidine rings is 1. The number of hydrogen-bond acceptors (Lipinski definition) is 4. The Morgan fingerprint density at radius 2 is 2.30 bits per heavy atom. The van der Waals surface area contributed by atoms with Crippen LogP contribution in [-0.2, 0) is 0 Å². The highest BCUT2D eigenvalue weighted by atomic mass is 16.5. The third-order valence-corrected chi connectivity index (χ3v) is 3.91. The van der Waals surface area contributed by atoms with E-state index in [4.69, 9.17) is 4.74 Å². The van der Waals surface area contributed by atoms with Crippen LogP contribution in [0, 0.1) is 0 Å². The van der Waals surface area contributed by atoms with Crippen LogP contribution in [0.5, 0.6) is 5.75 Å². The highest BCUT2D eigenvalue weighted by Gasteiger charge is 2.19. The zero-order valence-corrected chi connectivity index (χ0v) is 12.1. The van der Waals surface area contributed by atoms with Crippen molar-refractivity contribution in [3.63, 3.8) is 0 Å². The van der Waals surface area contributed by atoms with Crippen molar-refractivity contribution >= 4 is 11.7 Å². The zero-order chi connectivity index (χ0) is 14.5. The molecule has 0 bridgehead atoms. The van der Waals surface area contributed by atoms with Crippen molar-refractivity contribution in [3.05, 3.63) is 23.8 Å². The van der Waals surface area contributed by atoms with Crippen LogP contribution in [0.1, 0.15) is 29.6 Å². The first-order valence-corrected chi connectivity index (χ1v) is 6.97. The van der Waals surface area contributed by atoms with E-state index in [0.29, 0.717) is 17.5 Å². The lowest BCUT2D eigenvalue weighted by molar-refractivity contribution is 0.0698. The number of carbonyl (C=O) groups is 1. The van der Waals surface area contributed by atoms with Crippen molar-refractivity contribution in [2.24, 2.45) is 0 Å². The minimum atomic E-state index is -0.924. The quantitative estimate of drug-likeness (QED) is 0.865. The van der Waals surface area contributed by atoms with Crippen LogP contribution >= 0.6 is 0 Å². The number of carboxylic acids is 1. The summed E-state index contributed by atoms with van der Waals surface area (Å²) in [7, 11) is 3.70. The van der Waals surface area contributed by atoms with E-state index in [1.54, 1.807) is 25.3 Å². The Hall–Kier alpha value is -1.75. The van der Waals surface area contributed by atoms with E-state index in [2.05, 4.69) is 17.3 Å². The summed E-state index contributed by atoms with van der Waals surface area (Å²) in [6.07, 6.45) is 3.63. The fraction of sp³-hybridized carbons (Fsp3) is 0.533. The number of carboxylic acid groups (broad SMARTS) is 1. The van der Waals surface area contributed by atoms with Gasteiger partial charge in [-0.2, -0.15) is 0 Å². The average molecular weight is 278 g/mol. The van der Waals surface area contributed by atoms with Gasteiger partial charge in [-0.05, 0) is 38.6 Å². The lowest BCUT2D eigenvalue weighted by Gasteiger charge is -2.32. The van der Waals surface area contributed by atoms with Gasteiger partial charge in [0, 0.05) is 18.7 Å². The Morgan fingerprint density at radius 1 is 1.50 bits per heavy atom. The molecule has 1 heterocycles. The van der Waals surface area contributed by atoms with Gasteiger partial charge in [0.1, 0.15) is 5.75 Å². The Morgan fingerprint density at radius 3 is 2.95 bits per heavy atom. The van der Waals surface area contributed by atoms with Gasteiger partial charge in [0.2, 0.25) is 0 Å². The molecule has 0 aromatic heterocycles. The summed E-state index contributed by atoms with van der Waals surface area (Å²) in [6.45, 7) is 1.86. The number of anilines is 1. The number of nitrogens with one attached hydrogen (secondary N) is 1. The molecule has 0 spiro atoms. The largest absolute Gasteiger partial charge is 0.497 e. The van der Waals surface area contributed by atoms with Crippen molar-refractivity contribution < 1.29 is 14.6 Å². The van der Waals surface area contributed by atoms with Crippen LogP contribution < -0.4 is 10.1 Å². The second-order valence-electron chi connectivity index (χ2n) is 5.23. The normalized spacial score (nSPS) is 19.6. The molecule has 2 rings (SSSR count). The van der Waals surface area contributed by atoms with Crippen molar-refractivity contribution in [1.29, 1.82) is 0 Å². The van der Waals surface area contributed by atoms with Gasteiger partial charge in [-0.15, -0.1) is 0 Å². The smallest absolute Gasteiger partial charge is 0.337 e. The maximum absolute atomic E-state index is 11.2. The number of ether oxygens (including phenoxy) is 1. The Kier molecular flexibility index (Phi) is 4.84. The average Bonchev–Trinajstić information content (AvgIpc) is 2.46. The number of aromatic carboxylic acids is 1. The first-order chi connectivity index (χ1) is 9.61. The number of benzene rings is 1. The Labute approximate surface area is 119 Å². The van der Waals surface area contributed by atoms with Crippen molar-refractivity contribution in [1.82, 2.24) is 4.90 Å². The van der Waals surface area contributed by atoms with Gasteiger partial charge in [-0.3, -0.25) is 0 Å². The second-order valence-corrected chi connectivity index (χ2v) is 5.23. The summed E-state index contributed by atoms with van der Waals surface area (Å²) < 4.78 is 5.16. The molecule has 20 heavy (non-hydrogen) atoms. The first kappa shape index (κ1) is 14.7. The van der Waals surface area contributed by atoms with Gasteiger partial charge < -0.3 is 20.1 Å². The maximum atomic E-state index is 11.2. The molecule has 0 amide bonds. The summed E-state index contributed by atoms with van der Waals surface area (Å²) >= 11 is 0. The molecular formula is C15H22N2O3. The second kappa shape index (κ2) is 6.61. The van der Waals surface area contributed by atoms with Gasteiger partial charge in [0.25, 0.3) is 0 Å². The molecule has 5 nitrogen and oxygen atoms in total. The highest BCUT2D eigenvalue weighted by molar-refractivity contribution is 5.94. The minimum absolute atomic E-state index is 0.282. The monoisotopic (exact) mass is 278 g/mol. The summed E-state index contributed by atoms with van der Waals surface area (Å²) in [6, 6.07) is 5.44. The van der Waals surface area contributed by atoms with Crippen LogP contribution in [-0.4, -0.2) is 49.3 Å². The molecule has 110 valence electrons. The van der Waals surface area contributed by atoms with E-state index >= 15 is 0 Å². The molecular weight excluding hydrogens is 256 g/mol. The molecule has 1 fully saturated rings. The fourth-order valence-electron chi connectivity index (χ4n) is 2.61. The number of hydrogen-bond donors (Lipinski definition) is 2. The van der Waals surface area contributed by atoms with E-state index in [0.717, 1.165) is 19.5 Å². The van der Waals surface area contributed by atoms with Gasteiger partial charge in [-0.1, -0.05) is 6.42 Å². The molecule has 1 atom stereocenters. The highest BCUT2D eigenvalue weighted by Crippen LogP contribution is 2.23. The summed E-state index contributed by atoms with van der Waals surface area (Å²) in [4.78, 5) is 13.6. The predicted molar refractivity (Wildman–Crippen MR) is 78.7 cm³/mol. The van der Waals surface area contributed by atoms with E-state index in [1.165, 1.54) is 12.8 Å². The van der Waals surface area contributed by atoms with Crippen LogP contribution in [0.3, 0.4) is 0 Å². The molecule has 0 saturated carbocycles. The number of likely N-dealkylation sites (tertiary alicyclic amines) is 1. The van der Waals surface area contributed by atoms with Gasteiger partial charge >= 0.3 is 5.97 Å². The fourth-order valence-corrected chi connectivity index (χ4v) is 2.61. The lowest BCUT2D eigenvalue weighted by atomic mass is 10.0. The minimum Gasteiger partial charge on any atom is -0.497 e. The molecule has 1 aliphatic heterocycles. The predicted octanol–water partition coefficient (Wildman–Crippen LogP) is 2.29. The van der Waals surface area contributed by atoms with E-state index in [1.807, 2.05) is 0 Å². The van der Waals surface area contributed by atoms with Crippen molar-refractivity contribution in [2.45, 2.75) is 25.3 Å². The molecule has 0 radical (unpaired) electrons. The summed E-state index contributed by atoms with van der Waals surface area (Å²) in [5, 5.41) is 12.5. The summed E-state index contributed by atoms with van der Waals surface area (Å²) in [5.74, 6) is -0.262. The van der Waals surface area contributed by atoms with E-state index < -0.39 is 5.97 Å². The van der Waals surface area contributed by atoms with Crippen LogP contribution in [0.4, 0.5) is 5.69 Å². The molecule has 1 aromatic carbocycles. The number of methoxy groups -OCH3 is 1. The molecule has 1 aliphatic rings. The van der Waals surface area contributed by atoms with Gasteiger partial charge in [0.05, 0.1) is 18.4 Å². The van der Waals surface area contributed by atoms with Crippen molar-refractivity contribution in [3.8, 4) is 5.75 Å². The first-order valence-electron chi connectivity index (χ1n) is 6.97. The number of nitrogens with zero attached hydrogens (tertiary/aromatic N) is 1. The van der Waals surface area contributed by atoms with Crippen LogP contribution in [0.25, 0.3) is 0 Å². The number of likely N-dealkylation sites (N-methyl/N-ethyl adjacent to an activating group) is 1. The van der Waals surface area contributed by atoms with Gasteiger partial charge in [0.15, 0.2) is 0 Å². The molecule has 1 aromatic rings. The molecule has 1 saturated heterocycles. The molecule has 1 unspecified atom stereocenters. The standard InChI is InChI=1S/C15H22N2O3/c1-17-8-4-3-5-11(17)10-16-14-9-12(20-2)6-7-13(14)15(18)19/h6-7,9,11,16H,3-5,8,10H2,1-2H3,(H,18,19). The number of rotatable bonds is 5. The third kappa shape index (κ3) is 3.42. The maximum Gasteiger partial charge on any atom is 0.337 e. The van der Waals surface area contributed by atoms with Crippen LogP contribution in [0.2, 0.25) is 0 Å². The third-order valence-electron chi connectivity index (χ3n) is 3.91. The lowest BCUT2D eigenvalue weighted by Crippen LogP contribution is -2.40. The van der Waals surface area contributed by atoms with Gasteiger partial charge in [-0.25, -0.2) is 4.79 Å². The SMILES string of the molecule is COc1ccc(C(=O)O)c(NCC2CCCCN2C)c1. The van der Waals surface area contributed by atoms with E-state index in [9.17, 15) is 9.90 Å². The molecule has 2 N–H and O–H groups in total. The molecule has 0 aliphatic carbocycles. The topological polar surface area (TPSA) is 61.8 Å². The summed E-state index contributed by atoms with van der Waals surface area (Å²) in [5.41, 5.74) is 0.903. The van der Waals surface area contributed by atoms with Crippen LogP contribution in [0.15, 0.2) is 18.2 Å².